The van der Waals surface area contributed by atoms with E-state index < -0.39 is 0 Å². The molecule has 0 saturated heterocycles. The first-order valence-corrected chi connectivity index (χ1v) is 5.14. The number of H-pyrrole nitrogens is 1. The lowest BCUT2D eigenvalue weighted by Crippen LogP contribution is -2.22. The van der Waals surface area contributed by atoms with Crippen LogP contribution in [0, 0.1) is 0 Å². The maximum Gasteiger partial charge on any atom is 0.307 e. The first-order chi connectivity index (χ1) is 8.22. The molecule has 0 bridgehead atoms. The summed E-state index contributed by atoms with van der Waals surface area (Å²) < 4.78 is 4.59. The number of anilines is 1. The minimum Gasteiger partial charge on any atom is -0.469 e. The van der Waals surface area contributed by atoms with Gasteiger partial charge in [-0.15, -0.1) is 0 Å². The number of carbonyl (C=O) groups is 1. The molecule has 0 amide bonds. The van der Waals surface area contributed by atoms with Gasteiger partial charge in [-0.05, 0) is 0 Å². The number of imidazole rings is 1. The number of carbonyl (C=O) groups excluding carboxylic acids is 1. The summed E-state index contributed by atoms with van der Waals surface area (Å²) in [7, 11) is 3.23. The van der Waals surface area contributed by atoms with E-state index in [2.05, 4.69) is 24.7 Å². The lowest BCUT2D eigenvalue weighted by atomic mass is 10.3. The second-order valence-corrected chi connectivity index (χ2v) is 3.55. The predicted octanol–water partition coefficient (Wildman–Crippen LogP) is 0.352. The molecule has 90 valence electrons. The van der Waals surface area contributed by atoms with E-state index in [0.717, 1.165) is 11.3 Å². The molecule has 17 heavy (non-hydrogen) atoms. The zero-order valence-electron chi connectivity index (χ0n) is 9.67. The fraction of sp³-hybridized carbons (Fsp3) is 0.400. The lowest BCUT2D eigenvalue weighted by molar-refractivity contribution is -0.140. The molecule has 7 heteroatoms. The number of aromatic amines is 1. The fourth-order valence-electron chi connectivity index (χ4n) is 1.51. The summed E-state index contributed by atoms with van der Waals surface area (Å²) in [6.45, 7) is 0.526. The van der Waals surface area contributed by atoms with Gasteiger partial charge in [0.2, 0.25) is 0 Å². The Labute approximate surface area is 97.8 Å². The predicted molar refractivity (Wildman–Crippen MR) is 61.6 cm³/mol. The van der Waals surface area contributed by atoms with Gasteiger partial charge in [-0.3, -0.25) is 4.79 Å². The standard InChI is InChI=1S/C10H13N5O2/c1-15(4-3-7(16)17-2)10-8-9(12-5-11-8)13-6-14-10/h5-6H,3-4H2,1-2H3,(H,11,12,13,14). The van der Waals surface area contributed by atoms with Crippen LogP contribution in [0.25, 0.3) is 11.2 Å². The minimum atomic E-state index is -0.244. The summed E-state index contributed by atoms with van der Waals surface area (Å²) in [5.41, 5.74) is 1.37. The van der Waals surface area contributed by atoms with Gasteiger partial charge in [-0.1, -0.05) is 0 Å². The number of esters is 1. The molecule has 0 spiro atoms. The van der Waals surface area contributed by atoms with Crippen LogP contribution in [0.4, 0.5) is 5.82 Å². The number of ether oxygens (including phenoxy) is 1. The number of fused-ring (bicyclic) bond motifs is 1. The van der Waals surface area contributed by atoms with Gasteiger partial charge in [0.15, 0.2) is 11.5 Å². The summed E-state index contributed by atoms with van der Waals surface area (Å²) in [6, 6.07) is 0. The van der Waals surface area contributed by atoms with Crippen LogP contribution in [0.2, 0.25) is 0 Å². The van der Waals surface area contributed by atoms with Gasteiger partial charge < -0.3 is 14.6 Å². The number of methoxy groups -OCH3 is 1. The van der Waals surface area contributed by atoms with Crippen molar-refractivity contribution in [3.63, 3.8) is 0 Å². The monoisotopic (exact) mass is 235 g/mol. The van der Waals surface area contributed by atoms with Crippen molar-refractivity contribution < 1.29 is 9.53 Å². The molecule has 0 aliphatic heterocycles. The first-order valence-electron chi connectivity index (χ1n) is 5.14. The highest BCUT2D eigenvalue weighted by atomic mass is 16.5. The molecule has 1 N–H and O–H groups in total. The third-order valence-corrected chi connectivity index (χ3v) is 2.44. The lowest BCUT2D eigenvalue weighted by Gasteiger charge is -2.17. The number of hydrogen-bond acceptors (Lipinski definition) is 6. The van der Waals surface area contributed by atoms with E-state index in [1.54, 1.807) is 6.33 Å². The quantitative estimate of drug-likeness (QED) is 0.770. The molecule has 2 aromatic rings. The Morgan fingerprint density at radius 1 is 1.47 bits per heavy atom. The largest absolute Gasteiger partial charge is 0.469 e. The second kappa shape index (κ2) is 4.77. The van der Waals surface area contributed by atoms with E-state index >= 15 is 0 Å². The molecular formula is C10H13N5O2. The van der Waals surface area contributed by atoms with Crippen molar-refractivity contribution in [2.75, 3.05) is 25.6 Å². The van der Waals surface area contributed by atoms with E-state index in [9.17, 15) is 4.79 Å². The summed E-state index contributed by atoms with van der Waals surface area (Å²) in [5.74, 6) is 0.475. The summed E-state index contributed by atoms with van der Waals surface area (Å²) in [6.07, 6.45) is 3.33. The normalized spacial score (nSPS) is 10.5. The van der Waals surface area contributed by atoms with Gasteiger partial charge in [0.25, 0.3) is 0 Å². The summed E-state index contributed by atoms with van der Waals surface area (Å²) in [4.78, 5) is 28.1. The Morgan fingerprint density at radius 2 is 2.29 bits per heavy atom. The third-order valence-electron chi connectivity index (χ3n) is 2.44. The fourth-order valence-corrected chi connectivity index (χ4v) is 1.51. The number of nitrogens with zero attached hydrogens (tertiary/aromatic N) is 4. The molecule has 2 heterocycles. The smallest absolute Gasteiger partial charge is 0.307 e. The van der Waals surface area contributed by atoms with Gasteiger partial charge in [-0.25, -0.2) is 15.0 Å². The van der Waals surface area contributed by atoms with Crippen molar-refractivity contribution in [2.45, 2.75) is 6.42 Å². The van der Waals surface area contributed by atoms with Gasteiger partial charge in [0.1, 0.15) is 11.8 Å². The molecule has 0 aromatic carbocycles. The third kappa shape index (κ3) is 2.32. The second-order valence-electron chi connectivity index (χ2n) is 3.55. The molecule has 0 fully saturated rings. The summed E-state index contributed by atoms with van der Waals surface area (Å²) >= 11 is 0. The maximum absolute atomic E-state index is 11.1. The van der Waals surface area contributed by atoms with E-state index in [4.69, 9.17) is 0 Å². The first kappa shape index (κ1) is 11.3. The van der Waals surface area contributed by atoms with Crippen LogP contribution in [-0.4, -0.2) is 46.6 Å². The molecule has 0 saturated carbocycles. The number of nitrogens with one attached hydrogen (secondary N) is 1. The molecule has 0 radical (unpaired) electrons. The molecule has 2 aromatic heterocycles. The van der Waals surface area contributed by atoms with Crippen LogP contribution >= 0.6 is 0 Å². The topological polar surface area (TPSA) is 84.0 Å². The molecule has 0 unspecified atom stereocenters. The Bertz CT molecular complexity index is 524. The summed E-state index contributed by atoms with van der Waals surface area (Å²) in [5, 5.41) is 0. The highest BCUT2D eigenvalue weighted by Crippen LogP contribution is 2.18. The van der Waals surface area contributed by atoms with Crippen molar-refractivity contribution in [1.82, 2.24) is 19.9 Å². The number of hydrogen-bond donors (Lipinski definition) is 1. The van der Waals surface area contributed by atoms with Crippen molar-refractivity contribution >= 4 is 23.0 Å². The Hall–Kier alpha value is -2.18. The van der Waals surface area contributed by atoms with Crippen LogP contribution in [0.3, 0.4) is 0 Å². The van der Waals surface area contributed by atoms with E-state index in [-0.39, 0.29) is 5.97 Å². The van der Waals surface area contributed by atoms with E-state index in [1.165, 1.54) is 13.4 Å². The zero-order chi connectivity index (χ0) is 12.3. The average molecular weight is 235 g/mol. The zero-order valence-corrected chi connectivity index (χ0v) is 9.67. The van der Waals surface area contributed by atoms with Crippen molar-refractivity contribution in [3.8, 4) is 0 Å². The molecule has 7 nitrogen and oxygen atoms in total. The average Bonchev–Trinajstić information content (AvgIpc) is 2.83. The molecule has 0 atom stereocenters. The van der Waals surface area contributed by atoms with Crippen LogP contribution < -0.4 is 4.90 Å². The highest BCUT2D eigenvalue weighted by molar-refractivity contribution is 5.82. The van der Waals surface area contributed by atoms with Crippen LogP contribution in [0.5, 0.6) is 0 Å². The van der Waals surface area contributed by atoms with Gasteiger partial charge in [0, 0.05) is 13.6 Å². The van der Waals surface area contributed by atoms with Gasteiger partial charge in [-0.2, -0.15) is 0 Å². The number of aromatic nitrogens is 4. The van der Waals surface area contributed by atoms with Gasteiger partial charge in [0.05, 0.1) is 19.9 Å². The minimum absolute atomic E-state index is 0.244. The van der Waals surface area contributed by atoms with Crippen molar-refractivity contribution in [1.29, 1.82) is 0 Å². The van der Waals surface area contributed by atoms with Crippen LogP contribution in [0.15, 0.2) is 12.7 Å². The maximum atomic E-state index is 11.1. The SMILES string of the molecule is COC(=O)CCN(C)c1ncnc2nc[nH]c12. The Morgan fingerprint density at radius 3 is 3.06 bits per heavy atom. The van der Waals surface area contributed by atoms with Crippen molar-refractivity contribution in [3.05, 3.63) is 12.7 Å². The number of rotatable bonds is 4. The Kier molecular flexibility index (Phi) is 3.17. The van der Waals surface area contributed by atoms with Crippen molar-refractivity contribution in [2.24, 2.45) is 0 Å². The van der Waals surface area contributed by atoms with E-state index in [0.29, 0.717) is 18.6 Å². The molecular weight excluding hydrogens is 222 g/mol. The highest BCUT2D eigenvalue weighted by Gasteiger charge is 2.11. The van der Waals surface area contributed by atoms with E-state index in [1.807, 2.05) is 11.9 Å². The molecule has 0 aliphatic rings. The van der Waals surface area contributed by atoms with Gasteiger partial charge >= 0.3 is 5.97 Å². The molecule has 0 aliphatic carbocycles. The van der Waals surface area contributed by atoms with Crippen LogP contribution in [0.1, 0.15) is 6.42 Å². The van der Waals surface area contributed by atoms with Crippen LogP contribution in [-0.2, 0) is 9.53 Å². The molecule has 2 rings (SSSR count). The Balaban J connectivity index is 2.15.